The molecule has 0 aliphatic heterocycles. The first kappa shape index (κ1) is 10.4. The quantitative estimate of drug-likeness (QED) is 0.603. The van der Waals surface area contributed by atoms with Crippen molar-refractivity contribution in [1.29, 1.82) is 0 Å². The Bertz CT molecular complexity index is 311. The lowest BCUT2D eigenvalue weighted by Gasteiger charge is -2.01. The van der Waals surface area contributed by atoms with Crippen molar-refractivity contribution in [2.45, 2.75) is 9.84 Å². The molecule has 7 heteroatoms. The van der Waals surface area contributed by atoms with Gasteiger partial charge in [0.1, 0.15) is 5.50 Å². The third-order valence-electron chi connectivity index (χ3n) is 1.12. The molecule has 0 amide bonds. The molecule has 1 aromatic rings. The molecule has 1 rings (SSSR count). The van der Waals surface area contributed by atoms with Crippen LogP contribution in [0.3, 0.4) is 0 Å². The van der Waals surface area contributed by atoms with E-state index in [-0.39, 0.29) is 10.8 Å². The highest BCUT2D eigenvalue weighted by Crippen LogP contribution is 2.17. The van der Waals surface area contributed by atoms with E-state index in [9.17, 15) is 4.79 Å². The Morgan fingerprint density at radius 1 is 1.83 bits per heavy atom. The zero-order valence-corrected chi connectivity index (χ0v) is 9.30. The smallest absolute Gasteiger partial charge is 0.255 e. The Labute approximate surface area is 87.7 Å². The number of alkyl halides is 2. The van der Waals surface area contributed by atoms with Crippen molar-refractivity contribution in [3.63, 3.8) is 0 Å². The van der Waals surface area contributed by atoms with E-state index in [2.05, 4.69) is 5.10 Å². The molecule has 68 valence electrons. The zero-order chi connectivity index (χ0) is 9.14. The van der Waals surface area contributed by atoms with Crippen LogP contribution in [0.2, 0.25) is 0 Å². The van der Waals surface area contributed by atoms with Crippen LogP contribution in [0.4, 0.5) is 0 Å². The first-order chi connectivity index (χ1) is 5.69. The molecule has 1 aromatic heterocycles. The molecule has 1 atom stereocenters. The third kappa shape index (κ3) is 2.16. The van der Waals surface area contributed by atoms with Gasteiger partial charge in [0.25, 0.3) is 0 Å². The van der Waals surface area contributed by atoms with Crippen molar-refractivity contribution in [3.8, 4) is 0 Å². The number of hydrogen-bond acceptors (Lipinski definition) is 4. The maximum Gasteiger partial charge on any atom is 0.327 e. The first-order valence-electron chi connectivity index (χ1n) is 3.02. The first-order valence-corrected chi connectivity index (χ1v) is 6.04. The minimum Gasteiger partial charge on any atom is -0.255 e. The summed E-state index contributed by atoms with van der Waals surface area (Å²) in [5, 5.41) is 3.97. The Morgan fingerprint density at radius 3 is 2.92 bits per heavy atom. The van der Waals surface area contributed by atoms with E-state index in [1.165, 1.54) is 16.4 Å². The van der Waals surface area contributed by atoms with Crippen LogP contribution in [-0.2, 0) is 0 Å². The SMILES string of the molecule is CSc1nn(C(Cl)CCl)c(=O)s1. The van der Waals surface area contributed by atoms with Crippen LogP contribution in [0.5, 0.6) is 0 Å². The summed E-state index contributed by atoms with van der Waals surface area (Å²) < 4.78 is 1.90. The summed E-state index contributed by atoms with van der Waals surface area (Å²) in [6, 6.07) is 0. The molecular weight excluding hydrogens is 239 g/mol. The Hall–Kier alpha value is 0.290. The van der Waals surface area contributed by atoms with Crippen LogP contribution >= 0.6 is 46.3 Å². The van der Waals surface area contributed by atoms with Crippen molar-refractivity contribution in [1.82, 2.24) is 9.78 Å². The average Bonchev–Trinajstić information content (AvgIpc) is 2.45. The highest BCUT2D eigenvalue weighted by atomic mass is 35.5. The maximum atomic E-state index is 11.2. The molecule has 0 aromatic carbocycles. The standard InChI is InChI=1S/C5H6Cl2N2OS2/c1-11-4-8-9(3(7)2-6)5(10)12-4/h3H,2H2,1H3. The summed E-state index contributed by atoms with van der Waals surface area (Å²) in [6.07, 6.45) is 1.85. The number of thioether (sulfide) groups is 1. The van der Waals surface area contributed by atoms with Gasteiger partial charge in [0, 0.05) is 0 Å². The molecule has 0 aliphatic rings. The van der Waals surface area contributed by atoms with E-state index in [1.54, 1.807) is 0 Å². The highest BCUT2D eigenvalue weighted by molar-refractivity contribution is 8.00. The second-order valence-electron chi connectivity index (χ2n) is 1.87. The summed E-state index contributed by atoms with van der Waals surface area (Å²) in [5.41, 5.74) is -0.545. The van der Waals surface area contributed by atoms with Crippen LogP contribution in [0.15, 0.2) is 9.13 Å². The monoisotopic (exact) mass is 244 g/mol. The van der Waals surface area contributed by atoms with Gasteiger partial charge in [0.2, 0.25) is 0 Å². The molecule has 0 bridgehead atoms. The minimum atomic E-state index is -0.545. The number of rotatable bonds is 3. The molecule has 0 N–H and O–H groups in total. The highest BCUT2D eigenvalue weighted by Gasteiger charge is 2.12. The summed E-state index contributed by atoms with van der Waals surface area (Å²) >= 11 is 13.7. The van der Waals surface area contributed by atoms with E-state index in [0.29, 0.717) is 4.34 Å². The molecule has 0 spiro atoms. The van der Waals surface area contributed by atoms with E-state index >= 15 is 0 Å². The van der Waals surface area contributed by atoms with Gasteiger partial charge in [-0.1, -0.05) is 23.4 Å². The molecule has 1 unspecified atom stereocenters. The number of aromatic nitrogens is 2. The topological polar surface area (TPSA) is 34.9 Å². The van der Waals surface area contributed by atoms with Crippen LogP contribution in [0.1, 0.15) is 5.50 Å². The fourth-order valence-electron chi connectivity index (χ4n) is 0.596. The predicted molar refractivity (Wildman–Crippen MR) is 53.8 cm³/mol. The van der Waals surface area contributed by atoms with E-state index in [1.807, 2.05) is 6.26 Å². The number of nitrogens with zero attached hydrogens (tertiary/aromatic N) is 2. The van der Waals surface area contributed by atoms with Crippen molar-refractivity contribution in [2.24, 2.45) is 0 Å². The lowest BCUT2D eigenvalue weighted by Crippen LogP contribution is -2.18. The Kier molecular flexibility index (Phi) is 3.89. The van der Waals surface area contributed by atoms with Gasteiger partial charge >= 0.3 is 4.87 Å². The fourth-order valence-corrected chi connectivity index (χ4v) is 2.17. The van der Waals surface area contributed by atoms with Crippen molar-refractivity contribution >= 4 is 46.3 Å². The molecule has 0 radical (unpaired) electrons. The lowest BCUT2D eigenvalue weighted by atomic mass is 10.7. The molecule has 0 saturated heterocycles. The van der Waals surface area contributed by atoms with Gasteiger partial charge in [-0.25, -0.2) is 0 Å². The van der Waals surface area contributed by atoms with Crippen molar-refractivity contribution < 1.29 is 0 Å². The van der Waals surface area contributed by atoms with Crippen molar-refractivity contribution in [2.75, 3.05) is 12.1 Å². The minimum absolute atomic E-state index is 0.167. The zero-order valence-electron chi connectivity index (χ0n) is 6.16. The second-order valence-corrected chi connectivity index (χ2v) is 4.68. The van der Waals surface area contributed by atoms with Gasteiger partial charge in [-0.2, -0.15) is 4.68 Å². The summed E-state index contributed by atoms with van der Waals surface area (Å²) in [6.45, 7) is 0. The Morgan fingerprint density at radius 2 is 2.50 bits per heavy atom. The van der Waals surface area contributed by atoms with Gasteiger partial charge in [0.15, 0.2) is 4.34 Å². The molecule has 3 nitrogen and oxygen atoms in total. The second kappa shape index (κ2) is 4.50. The van der Waals surface area contributed by atoms with Gasteiger partial charge in [-0.05, 0) is 17.6 Å². The molecule has 0 fully saturated rings. The normalized spacial score (nSPS) is 13.2. The average molecular weight is 245 g/mol. The largest absolute Gasteiger partial charge is 0.327 e. The summed E-state index contributed by atoms with van der Waals surface area (Å²) in [5.74, 6) is 0.180. The van der Waals surface area contributed by atoms with Gasteiger partial charge in [-0.15, -0.1) is 16.7 Å². The van der Waals surface area contributed by atoms with Crippen LogP contribution in [0, 0.1) is 0 Å². The molecule has 0 aliphatic carbocycles. The number of halogens is 2. The van der Waals surface area contributed by atoms with Crippen LogP contribution in [0.25, 0.3) is 0 Å². The molecular formula is C5H6Cl2N2OS2. The lowest BCUT2D eigenvalue weighted by molar-refractivity contribution is 0.603. The summed E-state index contributed by atoms with van der Waals surface area (Å²) in [7, 11) is 0. The predicted octanol–water partition coefficient (Wildman–Crippen LogP) is 2.00. The fraction of sp³-hybridized carbons (Fsp3) is 0.600. The van der Waals surface area contributed by atoms with E-state index < -0.39 is 5.50 Å². The van der Waals surface area contributed by atoms with Crippen LogP contribution in [-0.4, -0.2) is 21.9 Å². The van der Waals surface area contributed by atoms with Crippen molar-refractivity contribution in [3.05, 3.63) is 9.67 Å². The Balaban J connectivity index is 2.99. The third-order valence-corrected chi connectivity index (χ3v) is 3.71. The molecule has 0 saturated carbocycles. The van der Waals surface area contributed by atoms with Gasteiger partial charge in [0.05, 0.1) is 5.88 Å². The maximum absolute atomic E-state index is 11.2. The number of hydrogen-bond donors (Lipinski definition) is 0. The van der Waals surface area contributed by atoms with Gasteiger partial charge < -0.3 is 0 Å². The molecule has 12 heavy (non-hydrogen) atoms. The van der Waals surface area contributed by atoms with Crippen LogP contribution < -0.4 is 4.87 Å². The van der Waals surface area contributed by atoms with Gasteiger partial charge in [-0.3, -0.25) is 4.79 Å². The van der Waals surface area contributed by atoms with E-state index in [0.717, 1.165) is 11.3 Å². The molecule has 1 heterocycles. The summed E-state index contributed by atoms with van der Waals surface area (Å²) in [4.78, 5) is 11.0. The van der Waals surface area contributed by atoms with E-state index in [4.69, 9.17) is 23.2 Å².